The van der Waals surface area contributed by atoms with Gasteiger partial charge in [-0.15, -0.1) is 0 Å². The van der Waals surface area contributed by atoms with Crippen LogP contribution in [0.3, 0.4) is 0 Å². The molecule has 0 saturated carbocycles. The molecule has 2 heterocycles. The fraction of sp³-hybridized carbons (Fsp3) is 0.333. The van der Waals surface area contributed by atoms with E-state index in [0.717, 1.165) is 23.6 Å². The van der Waals surface area contributed by atoms with Gasteiger partial charge in [0.2, 0.25) is 6.79 Å². The molecule has 0 saturated heterocycles. The highest BCUT2D eigenvalue weighted by molar-refractivity contribution is 5.92. The maximum Gasteiger partial charge on any atom is 0.272 e. The molecule has 0 atom stereocenters. The lowest BCUT2D eigenvalue weighted by atomic mass is 10.2. The minimum atomic E-state index is -0.178. The van der Waals surface area contributed by atoms with Gasteiger partial charge in [0.15, 0.2) is 11.5 Å². The Hall–Kier alpha value is -2.50. The third-order valence-corrected chi connectivity index (χ3v) is 3.40. The second kappa shape index (κ2) is 5.47. The third-order valence-electron chi connectivity index (χ3n) is 3.40. The first-order valence-electron chi connectivity index (χ1n) is 6.88. The Labute approximate surface area is 122 Å². The molecular formula is C15H17N3O3. The van der Waals surface area contributed by atoms with Crippen LogP contribution >= 0.6 is 0 Å². The van der Waals surface area contributed by atoms with Crippen LogP contribution in [-0.2, 0) is 13.1 Å². The van der Waals surface area contributed by atoms with Gasteiger partial charge in [-0.1, -0.05) is 6.07 Å². The number of hydrogen-bond donors (Lipinski definition) is 1. The highest BCUT2D eigenvalue weighted by Crippen LogP contribution is 2.32. The number of nitrogens with one attached hydrogen (secondary N) is 1. The van der Waals surface area contributed by atoms with Gasteiger partial charge in [0.1, 0.15) is 5.69 Å². The summed E-state index contributed by atoms with van der Waals surface area (Å²) in [6, 6.07) is 7.42. The average molecular weight is 287 g/mol. The van der Waals surface area contributed by atoms with Crippen LogP contribution in [0.25, 0.3) is 0 Å². The van der Waals surface area contributed by atoms with Crippen LogP contribution in [-0.4, -0.2) is 22.5 Å². The zero-order chi connectivity index (χ0) is 14.8. The lowest BCUT2D eigenvalue weighted by Crippen LogP contribution is -2.23. The van der Waals surface area contributed by atoms with E-state index < -0.39 is 0 Å². The Kier molecular flexibility index (Phi) is 3.51. The third kappa shape index (κ3) is 2.69. The van der Waals surface area contributed by atoms with E-state index in [4.69, 9.17) is 9.47 Å². The number of aryl methyl sites for hydroxylation is 2. The quantitative estimate of drug-likeness (QED) is 0.932. The zero-order valence-corrected chi connectivity index (χ0v) is 12.0. The maximum atomic E-state index is 12.1. The van der Waals surface area contributed by atoms with Crippen LogP contribution in [0.4, 0.5) is 0 Å². The zero-order valence-electron chi connectivity index (χ0n) is 12.0. The summed E-state index contributed by atoms with van der Waals surface area (Å²) in [5.41, 5.74) is 2.38. The van der Waals surface area contributed by atoms with Gasteiger partial charge in [-0.3, -0.25) is 9.48 Å². The summed E-state index contributed by atoms with van der Waals surface area (Å²) >= 11 is 0. The monoisotopic (exact) mass is 287 g/mol. The summed E-state index contributed by atoms with van der Waals surface area (Å²) in [7, 11) is 0. The summed E-state index contributed by atoms with van der Waals surface area (Å²) in [5, 5.41) is 7.12. The molecule has 6 heteroatoms. The number of ether oxygens (including phenoxy) is 2. The molecule has 1 aliphatic rings. The molecule has 1 aromatic carbocycles. The van der Waals surface area contributed by atoms with E-state index in [9.17, 15) is 4.79 Å². The molecule has 6 nitrogen and oxygen atoms in total. The topological polar surface area (TPSA) is 65.4 Å². The molecule has 21 heavy (non-hydrogen) atoms. The Morgan fingerprint density at radius 2 is 2.14 bits per heavy atom. The van der Waals surface area contributed by atoms with Crippen molar-refractivity contribution in [3.05, 3.63) is 41.2 Å². The van der Waals surface area contributed by atoms with Crippen LogP contribution in [0, 0.1) is 6.92 Å². The molecule has 0 aliphatic carbocycles. The van der Waals surface area contributed by atoms with E-state index in [2.05, 4.69) is 10.4 Å². The second-order valence-corrected chi connectivity index (χ2v) is 4.86. The Bertz CT molecular complexity index is 679. The van der Waals surface area contributed by atoms with Crippen molar-refractivity contribution in [3.8, 4) is 11.5 Å². The van der Waals surface area contributed by atoms with E-state index in [1.807, 2.05) is 32.0 Å². The normalized spacial score (nSPS) is 12.5. The van der Waals surface area contributed by atoms with Crippen molar-refractivity contribution in [1.29, 1.82) is 0 Å². The van der Waals surface area contributed by atoms with E-state index in [1.165, 1.54) is 0 Å². The molecule has 1 N–H and O–H groups in total. The van der Waals surface area contributed by atoms with Gasteiger partial charge in [-0.25, -0.2) is 0 Å². The average Bonchev–Trinajstić information content (AvgIpc) is 3.10. The van der Waals surface area contributed by atoms with E-state index in [0.29, 0.717) is 18.0 Å². The number of fused-ring (bicyclic) bond motifs is 1. The molecule has 0 unspecified atom stereocenters. The van der Waals surface area contributed by atoms with Crippen LogP contribution in [0.2, 0.25) is 0 Å². The number of aromatic nitrogens is 2. The van der Waals surface area contributed by atoms with Gasteiger partial charge in [0, 0.05) is 18.8 Å². The van der Waals surface area contributed by atoms with Gasteiger partial charge in [-0.05, 0) is 37.6 Å². The number of hydrogen-bond acceptors (Lipinski definition) is 4. The first-order valence-corrected chi connectivity index (χ1v) is 6.88. The van der Waals surface area contributed by atoms with Crippen molar-refractivity contribution in [2.45, 2.75) is 26.9 Å². The number of carbonyl (C=O) groups excluding carboxylic acids is 1. The van der Waals surface area contributed by atoms with E-state index in [1.54, 1.807) is 10.7 Å². The van der Waals surface area contributed by atoms with E-state index >= 15 is 0 Å². The molecule has 1 aromatic heterocycles. The summed E-state index contributed by atoms with van der Waals surface area (Å²) in [6.07, 6.45) is 0. The maximum absolute atomic E-state index is 12.1. The summed E-state index contributed by atoms with van der Waals surface area (Å²) in [6.45, 7) is 5.35. The smallest absolute Gasteiger partial charge is 0.272 e. The number of nitrogens with zero attached hydrogens (tertiary/aromatic N) is 2. The molecular weight excluding hydrogens is 270 g/mol. The summed E-state index contributed by atoms with van der Waals surface area (Å²) in [5.74, 6) is 1.28. The summed E-state index contributed by atoms with van der Waals surface area (Å²) in [4.78, 5) is 12.1. The van der Waals surface area contributed by atoms with E-state index in [-0.39, 0.29) is 12.7 Å². The lowest BCUT2D eigenvalue weighted by molar-refractivity contribution is 0.0945. The van der Waals surface area contributed by atoms with Gasteiger partial charge in [0.25, 0.3) is 5.91 Å². The predicted molar refractivity (Wildman–Crippen MR) is 76.4 cm³/mol. The van der Waals surface area contributed by atoms with Crippen molar-refractivity contribution >= 4 is 5.91 Å². The van der Waals surface area contributed by atoms with Gasteiger partial charge < -0.3 is 14.8 Å². The minimum Gasteiger partial charge on any atom is -0.454 e. The van der Waals surface area contributed by atoms with Gasteiger partial charge >= 0.3 is 0 Å². The first kappa shape index (κ1) is 13.5. The molecule has 110 valence electrons. The molecule has 0 bridgehead atoms. The molecule has 0 spiro atoms. The molecule has 0 fully saturated rings. The molecule has 2 aromatic rings. The summed E-state index contributed by atoms with van der Waals surface area (Å²) < 4.78 is 12.4. The highest BCUT2D eigenvalue weighted by atomic mass is 16.7. The van der Waals surface area contributed by atoms with Crippen molar-refractivity contribution in [3.63, 3.8) is 0 Å². The first-order chi connectivity index (χ1) is 10.2. The van der Waals surface area contributed by atoms with Crippen LogP contribution in [0.15, 0.2) is 24.3 Å². The van der Waals surface area contributed by atoms with Gasteiger partial charge in [-0.2, -0.15) is 5.10 Å². The second-order valence-electron chi connectivity index (χ2n) is 4.86. The SMILES string of the molecule is CCn1nc(C(=O)NCc2ccc3c(c2)OCO3)cc1C. The number of benzene rings is 1. The molecule has 0 radical (unpaired) electrons. The Balaban J connectivity index is 1.65. The van der Waals surface area contributed by atoms with Crippen molar-refractivity contribution < 1.29 is 14.3 Å². The molecule has 3 rings (SSSR count). The molecule has 1 aliphatic heterocycles. The van der Waals surface area contributed by atoms with Gasteiger partial charge in [0.05, 0.1) is 0 Å². The minimum absolute atomic E-state index is 0.178. The van der Waals surface area contributed by atoms with Crippen molar-refractivity contribution in [2.75, 3.05) is 6.79 Å². The fourth-order valence-corrected chi connectivity index (χ4v) is 2.27. The predicted octanol–water partition coefficient (Wildman–Crippen LogP) is 1.87. The number of amides is 1. The Morgan fingerprint density at radius 3 is 2.90 bits per heavy atom. The Morgan fingerprint density at radius 1 is 1.33 bits per heavy atom. The van der Waals surface area contributed by atoms with Crippen molar-refractivity contribution in [2.24, 2.45) is 0 Å². The van der Waals surface area contributed by atoms with Crippen LogP contribution in [0.1, 0.15) is 28.7 Å². The highest BCUT2D eigenvalue weighted by Gasteiger charge is 2.15. The molecule has 1 amide bonds. The standard InChI is InChI=1S/C15H17N3O3/c1-3-18-10(2)6-12(17-18)15(19)16-8-11-4-5-13-14(7-11)21-9-20-13/h4-7H,3,8-9H2,1-2H3,(H,16,19). The van der Waals surface area contributed by atoms with Crippen molar-refractivity contribution in [1.82, 2.24) is 15.1 Å². The number of rotatable bonds is 4. The number of carbonyl (C=O) groups is 1. The van der Waals surface area contributed by atoms with Crippen LogP contribution < -0.4 is 14.8 Å². The fourth-order valence-electron chi connectivity index (χ4n) is 2.27. The van der Waals surface area contributed by atoms with Crippen LogP contribution in [0.5, 0.6) is 11.5 Å². The lowest BCUT2D eigenvalue weighted by Gasteiger charge is -2.04. The largest absolute Gasteiger partial charge is 0.454 e.